The van der Waals surface area contributed by atoms with Crippen molar-refractivity contribution in [2.75, 3.05) is 6.54 Å². The van der Waals surface area contributed by atoms with Crippen LogP contribution in [0.15, 0.2) is 30.7 Å². The van der Waals surface area contributed by atoms with Crippen LogP contribution in [-0.2, 0) is 6.54 Å². The van der Waals surface area contributed by atoms with E-state index in [2.05, 4.69) is 27.3 Å². The summed E-state index contributed by atoms with van der Waals surface area (Å²) >= 11 is 0. The lowest BCUT2D eigenvalue weighted by atomic mass is 10.4. The molecule has 0 aliphatic heterocycles. The summed E-state index contributed by atoms with van der Waals surface area (Å²) < 4.78 is 3.57. The normalized spacial score (nSPS) is 10.9. The van der Waals surface area contributed by atoms with Gasteiger partial charge in [0, 0.05) is 12.7 Å². The Morgan fingerprint density at radius 3 is 3.05 bits per heavy atom. The molecule has 0 bridgehead atoms. The minimum Gasteiger partial charge on any atom is -0.311 e. The number of hydrogen-bond acceptors (Lipinski definition) is 5. The lowest BCUT2D eigenvalue weighted by molar-refractivity contribution is 0.654. The van der Waals surface area contributed by atoms with Crippen molar-refractivity contribution >= 4 is 5.65 Å². The van der Waals surface area contributed by atoms with Gasteiger partial charge in [0.15, 0.2) is 5.82 Å². The molecule has 1 N–H and O–H groups in total. The van der Waals surface area contributed by atoms with Gasteiger partial charge >= 0.3 is 0 Å². The molecule has 3 aromatic rings. The molecule has 0 amide bonds. The molecule has 0 saturated heterocycles. The van der Waals surface area contributed by atoms with Crippen LogP contribution >= 0.6 is 0 Å². The molecule has 0 fully saturated rings. The van der Waals surface area contributed by atoms with Crippen LogP contribution in [-0.4, -0.2) is 30.7 Å². The molecule has 0 aliphatic rings. The number of rotatable bonds is 5. The second-order valence-corrected chi connectivity index (χ2v) is 4.61. The van der Waals surface area contributed by atoms with E-state index in [1.807, 2.05) is 34.9 Å². The second-order valence-electron chi connectivity index (χ2n) is 4.61. The van der Waals surface area contributed by atoms with Crippen molar-refractivity contribution in [2.45, 2.75) is 19.9 Å². The number of hydrogen-bond donors (Lipinski definition) is 1. The Kier molecular flexibility index (Phi) is 3.62. The molecule has 3 aromatic heterocycles. The maximum Gasteiger partial charge on any atom is 0.252 e. The number of imidazole rings is 1. The van der Waals surface area contributed by atoms with Gasteiger partial charge in [-0.1, -0.05) is 13.0 Å². The maximum atomic E-state index is 8.85. The van der Waals surface area contributed by atoms with Crippen LogP contribution in [0, 0.1) is 11.3 Å². The van der Waals surface area contributed by atoms with Gasteiger partial charge in [-0.15, -0.1) is 5.10 Å². The summed E-state index contributed by atoms with van der Waals surface area (Å²) in [5, 5.41) is 16.4. The number of nitrogens with one attached hydrogen (secondary N) is 1. The van der Waals surface area contributed by atoms with Gasteiger partial charge in [-0.3, -0.25) is 0 Å². The molecule has 3 rings (SSSR count). The topological polar surface area (TPSA) is 83.8 Å². The summed E-state index contributed by atoms with van der Waals surface area (Å²) in [4.78, 5) is 8.52. The average Bonchev–Trinajstić information content (AvgIpc) is 3.12. The number of nitrogens with zero attached hydrogens (tertiary/aromatic N) is 6. The van der Waals surface area contributed by atoms with Crippen molar-refractivity contribution in [1.82, 2.24) is 29.5 Å². The van der Waals surface area contributed by atoms with Crippen molar-refractivity contribution in [2.24, 2.45) is 0 Å². The number of nitriles is 1. The standard InChI is InChI=1S/C14H15N7/c1-2-6-16-9-11-14(21-10-17-12(8-15)19-21)18-13-5-3-4-7-20(11)13/h3-5,7,10,16H,2,6,9H2,1H3. The molecule has 0 spiro atoms. The van der Waals surface area contributed by atoms with Crippen molar-refractivity contribution in [3.05, 3.63) is 42.2 Å². The van der Waals surface area contributed by atoms with Crippen LogP contribution in [0.4, 0.5) is 0 Å². The van der Waals surface area contributed by atoms with Gasteiger partial charge in [0.1, 0.15) is 18.0 Å². The number of fused-ring (bicyclic) bond motifs is 1. The van der Waals surface area contributed by atoms with Crippen molar-refractivity contribution < 1.29 is 0 Å². The Balaban J connectivity index is 2.07. The average molecular weight is 281 g/mol. The van der Waals surface area contributed by atoms with E-state index >= 15 is 0 Å². The lowest BCUT2D eigenvalue weighted by Gasteiger charge is -2.05. The fourth-order valence-electron chi connectivity index (χ4n) is 2.18. The van der Waals surface area contributed by atoms with Crippen molar-refractivity contribution in [3.8, 4) is 11.9 Å². The summed E-state index contributed by atoms with van der Waals surface area (Å²) in [5.41, 5.74) is 1.84. The molecule has 21 heavy (non-hydrogen) atoms. The van der Waals surface area contributed by atoms with E-state index in [1.54, 1.807) is 4.68 Å². The van der Waals surface area contributed by atoms with Crippen LogP contribution in [0.2, 0.25) is 0 Å². The van der Waals surface area contributed by atoms with Crippen LogP contribution < -0.4 is 5.32 Å². The van der Waals surface area contributed by atoms with E-state index in [0.717, 1.165) is 24.3 Å². The highest BCUT2D eigenvalue weighted by atomic mass is 15.4. The molecular weight excluding hydrogens is 266 g/mol. The van der Waals surface area contributed by atoms with E-state index < -0.39 is 0 Å². The van der Waals surface area contributed by atoms with Crippen LogP contribution in [0.3, 0.4) is 0 Å². The minimum atomic E-state index is 0.138. The fourth-order valence-corrected chi connectivity index (χ4v) is 2.18. The molecule has 106 valence electrons. The third-order valence-corrected chi connectivity index (χ3v) is 3.14. The molecule has 0 atom stereocenters. The van der Waals surface area contributed by atoms with Crippen molar-refractivity contribution in [1.29, 1.82) is 5.26 Å². The van der Waals surface area contributed by atoms with Gasteiger partial charge in [0.2, 0.25) is 0 Å². The van der Waals surface area contributed by atoms with E-state index in [4.69, 9.17) is 5.26 Å². The summed E-state index contributed by atoms with van der Waals surface area (Å²) in [6.45, 7) is 3.73. The smallest absolute Gasteiger partial charge is 0.252 e. The summed E-state index contributed by atoms with van der Waals surface area (Å²) in [5.74, 6) is 0.832. The first-order chi connectivity index (χ1) is 10.3. The minimum absolute atomic E-state index is 0.138. The Hall–Kier alpha value is -2.72. The number of pyridine rings is 1. The Bertz CT molecular complexity index is 793. The Labute approximate surface area is 121 Å². The van der Waals surface area contributed by atoms with Crippen LogP contribution in [0.5, 0.6) is 0 Å². The molecule has 7 heteroatoms. The van der Waals surface area contributed by atoms with Gasteiger partial charge in [0.05, 0.1) is 5.69 Å². The molecule has 0 aliphatic carbocycles. The third-order valence-electron chi connectivity index (χ3n) is 3.14. The quantitative estimate of drug-likeness (QED) is 0.712. The maximum absolute atomic E-state index is 8.85. The highest BCUT2D eigenvalue weighted by Gasteiger charge is 2.14. The Morgan fingerprint density at radius 1 is 1.38 bits per heavy atom. The molecular formula is C14H15N7. The highest BCUT2D eigenvalue weighted by molar-refractivity contribution is 5.48. The van der Waals surface area contributed by atoms with E-state index in [0.29, 0.717) is 12.4 Å². The molecule has 0 saturated carbocycles. The number of aromatic nitrogens is 5. The third kappa shape index (κ3) is 2.49. The zero-order chi connectivity index (χ0) is 14.7. The van der Waals surface area contributed by atoms with Crippen LogP contribution in [0.1, 0.15) is 24.9 Å². The van der Waals surface area contributed by atoms with Gasteiger partial charge < -0.3 is 9.72 Å². The van der Waals surface area contributed by atoms with Crippen LogP contribution in [0.25, 0.3) is 11.5 Å². The van der Waals surface area contributed by atoms with Gasteiger partial charge in [-0.05, 0) is 25.1 Å². The fraction of sp³-hybridized carbons (Fsp3) is 0.286. The Morgan fingerprint density at radius 2 is 2.29 bits per heavy atom. The second kappa shape index (κ2) is 5.73. The predicted octanol–water partition coefficient (Wildman–Crippen LogP) is 1.29. The summed E-state index contributed by atoms with van der Waals surface area (Å²) in [6, 6.07) is 7.77. The van der Waals surface area contributed by atoms with E-state index in [9.17, 15) is 0 Å². The first kappa shape index (κ1) is 13.3. The first-order valence-electron chi connectivity index (χ1n) is 6.82. The van der Waals surface area contributed by atoms with Crippen molar-refractivity contribution in [3.63, 3.8) is 0 Å². The van der Waals surface area contributed by atoms with Gasteiger partial charge in [0.25, 0.3) is 5.82 Å². The largest absolute Gasteiger partial charge is 0.311 e. The molecule has 7 nitrogen and oxygen atoms in total. The summed E-state index contributed by atoms with van der Waals surface area (Å²) in [7, 11) is 0. The van der Waals surface area contributed by atoms with Gasteiger partial charge in [-0.25, -0.2) is 9.97 Å². The zero-order valence-corrected chi connectivity index (χ0v) is 11.7. The molecule has 0 aromatic carbocycles. The monoisotopic (exact) mass is 281 g/mol. The molecule has 3 heterocycles. The van der Waals surface area contributed by atoms with E-state index in [1.165, 1.54) is 6.33 Å². The summed E-state index contributed by atoms with van der Waals surface area (Å²) in [6.07, 6.45) is 4.55. The lowest BCUT2D eigenvalue weighted by Crippen LogP contribution is -2.17. The first-order valence-corrected chi connectivity index (χ1v) is 6.82. The predicted molar refractivity (Wildman–Crippen MR) is 76.8 cm³/mol. The van der Waals surface area contributed by atoms with E-state index in [-0.39, 0.29) is 5.82 Å². The highest BCUT2D eigenvalue weighted by Crippen LogP contribution is 2.16. The van der Waals surface area contributed by atoms with Gasteiger partial charge in [-0.2, -0.15) is 9.94 Å². The molecule has 0 radical (unpaired) electrons. The SMILES string of the molecule is CCCNCc1c(-n2cnc(C#N)n2)nc2ccccn12. The molecule has 0 unspecified atom stereocenters. The zero-order valence-electron chi connectivity index (χ0n) is 11.7.